The lowest BCUT2D eigenvalue weighted by Crippen LogP contribution is -2.49. The van der Waals surface area contributed by atoms with Crippen molar-refractivity contribution in [1.29, 1.82) is 0 Å². The van der Waals surface area contributed by atoms with Crippen LogP contribution >= 0.6 is 11.8 Å². The molecule has 0 spiro atoms. The van der Waals surface area contributed by atoms with Crippen molar-refractivity contribution in [3.05, 3.63) is 0 Å². The van der Waals surface area contributed by atoms with Crippen molar-refractivity contribution in [3.63, 3.8) is 0 Å². The largest absolute Gasteiger partial charge is 0.444 e. The van der Waals surface area contributed by atoms with Crippen LogP contribution < -0.4 is 10.6 Å². The topological polar surface area (TPSA) is 67.4 Å². The zero-order chi connectivity index (χ0) is 16.5. The van der Waals surface area contributed by atoms with Gasteiger partial charge in [-0.05, 0) is 45.1 Å². The van der Waals surface area contributed by atoms with Crippen LogP contribution in [0.5, 0.6) is 0 Å². The molecular weight excluding hydrogens is 288 g/mol. The van der Waals surface area contributed by atoms with Gasteiger partial charge in [0, 0.05) is 6.54 Å². The molecule has 0 aliphatic carbocycles. The summed E-state index contributed by atoms with van der Waals surface area (Å²) >= 11 is 1.64. The number of carbonyl (C=O) groups is 2. The van der Waals surface area contributed by atoms with Gasteiger partial charge >= 0.3 is 6.09 Å². The highest BCUT2D eigenvalue weighted by atomic mass is 32.2. The molecule has 0 fully saturated rings. The van der Waals surface area contributed by atoms with Crippen molar-refractivity contribution in [2.45, 2.75) is 59.1 Å². The van der Waals surface area contributed by atoms with Crippen LogP contribution in [-0.2, 0) is 9.53 Å². The first-order chi connectivity index (χ1) is 9.69. The molecule has 0 heterocycles. The molecule has 0 saturated heterocycles. The minimum Gasteiger partial charge on any atom is -0.444 e. The number of thioether (sulfide) groups is 1. The normalized spacial score (nSPS) is 14.2. The molecule has 0 aromatic rings. The van der Waals surface area contributed by atoms with Gasteiger partial charge in [-0.15, -0.1) is 0 Å². The Hall–Kier alpha value is -0.910. The first-order valence-corrected chi connectivity index (χ1v) is 8.85. The molecule has 0 rings (SSSR count). The summed E-state index contributed by atoms with van der Waals surface area (Å²) in [5, 5.41) is 5.56. The molecule has 0 aliphatic rings. The van der Waals surface area contributed by atoms with Gasteiger partial charge in [-0.25, -0.2) is 4.79 Å². The van der Waals surface area contributed by atoms with Gasteiger partial charge in [0.25, 0.3) is 0 Å². The Kier molecular flexibility index (Phi) is 9.49. The fraction of sp³-hybridized carbons (Fsp3) is 0.867. The highest BCUT2D eigenvalue weighted by Gasteiger charge is 2.24. The Morgan fingerprint density at radius 1 is 1.29 bits per heavy atom. The van der Waals surface area contributed by atoms with Crippen LogP contribution in [0.3, 0.4) is 0 Å². The van der Waals surface area contributed by atoms with E-state index in [-0.39, 0.29) is 5.91 Å². The average molecular weight is 318 g/mol. The molecule has 6 heteroatoms. The van der Waals surface area contributed by atoms with Gasteiger partial charge in [-0.1, -0.05) is 20.3 Å². The van der Waals surface area contributed by atoms with E-state index in [4.69, 9.17) is 4.74 Å². The second-order valence-electron chi connectivity index (χ2n) is 6.24. The van der Waals surface area contributed by atoms with Crippen LogP contribution in [-0.4, -0.2) is 42.2 Å². The summed E-state index contributed by atoms with van der Waals surface area (Å²) in [5.74, 6) is 1.09. The molecule has 5 nitrogen and oxygen atoms in total. The van der Waals surface area contributed by atoms with Crippen molar-refractivity contribution < 1.29 is 14.3 Å². The Labute approximate surface area is 133 Å². The van der Waals surface area contributed by atoms with Gasteiger partial charge in [-0.3, -0.25) is 4.79 Å². The van der Waals surface area contributed by atoms with Crippen molar-refractivity contribution in [1.82, 2.24) is 10.6 Å². The van der Waals surface area contributed by atoms with Crippen molar-refractivity contribution in [3.8, 4) is 0 Å². The summed E-state index contributed by atoms with van der Waals surface area (Å²) in [5.41, 5.74) is -0.568. The average Bonchev–Trinajstić information content (AvgIpc) is 2.38. The zero-order valence-electron chi connectivity index (χ0n) is 14.1. The van der Waals surface area contributed by atoms with Crippen LogP contribution in [0.2, 0.25) is 0 Å². The first-order valence-electron chi connectivity index (χ1n) is 7.45. The maximum atomic E-state index is 12.2. The highest BCUT2D eigenvalue weighted by molar-refractivity contribution is 7.98. The van der Waals surface area contributed by atoms with Crippen LogP contribution in [0.4, 0.5) is 4.79 Å². The minimum atomic E-state index is -0.568. The molecule has 0 saturated carbocycles. The second-order valence-corrected chi connectivity index (χ2v) is 7.22. The van der Waals surface area contributed by atoms with E-state index in [1.807, 2.05) is 6.26 Å². The Balaban J connectivity index is 4.49. The number of rotatable bonds is 8. The summed E-state index contributed by atoms with van der Waals surface area (Å²) in [4.78, 5) is 24.0. The van der Waals surface area contributed by atoms with E-state index in [2.05, 4.69) is 24.5 Å². The number of amides is 2. The summed E-state index contributed by atoms with van der Waals surface area (Å²) in [6.07, 6.45) is 3.02. The number of alkyl carbamates (subject to hydrolysis) is 1. The molecule has 2 unspecified atom stereocenters. The highest BCUT2D eigenvalue weighted by Crippen LogP contribution is 2.08. The molecule has 2 N–H and O–H groups in total. The van der Waals surface area contributed by atoms with E-state index in [1.165, 1.54) is 0 Å². The smallest absolute Gasteiger partial charge is 0.408 e. The summed E-state index contributed by atoms with van der Waals surface area (Å²) < 4.78 is 5.21. The van der Waals surface area contributed by atoms with E-state index < -0.39 is 17.7 Å². The SMILES string of the molecule is CCC(C)CNC(=O)C(CCSC)NC(=O)OC(C)(C)C. The molecule has 2 atom stereocenters. The van der Waals surface area contributed by atoms with Crippen LogP contribution in [0.25, 0.3) is 0 Å². The Morgan fingerprint density at radius 3 is 2.38 bits per heavy atom. The maximum Gasteiger partial charge on any atom is 0.408 e. The quantitative estimate of drug-likeness (QED) is 0.722. The van der Waals surface area contributed by atoms with Crippen molar-refractivity contribution in [2.75, 3.05) is 18.6 Å². The van der Waals surface area contributed by atoms with Crippen molar-refractivity contribution in [2.24, 2.45) is 5.92 Å². The number of nitrogens with one attached hydrogen (secondary N) is 2. The molecule has 0 bridgehead atoms. The summed E-state index contributed by atoms with van der Waals surface area (Å²) in [7, 11) is 0. The van der Waals surface area contributed by atoms with Crippen LogP contribution in [0, 0.1) is 5.92 Å². The third kappa shape index (κ3) is 10.5. The lowest BCUT2D eigenvalue weighted by Gasteiger charge is -2.23. The lowest BCUT2D eigenvalue weighted by atomic mass is 10.1. The summed E-state index contributed by atoms with van der Waals surface area (Å²) in [6, 6.07) is -0.545. The molecule has 0 aromatic heterocycles. The fourth-order valence-corrected chi connectivity index (χ4v) is 1.97. The van der Waals surface area contributed by atoms with Gasteiger partial charge in [0.05, 0.1) is 0 Å². The lowest BCUT2D eigenvalue weighted by molar-refractivity contribution is -0.123. The predicted octanol–water partition coefficient (Wildman–Crippen LogP) is 2.80. The number of hydrogen-bond donors (Lipinski definition) is 2. The molecule has 0 aromatic carbocycles. The van der Waals surface area contributed by atoms with Gasteiger partial charge in [0.15, 0.2) is 0 Å². The standard InChI is InChI=1S/C15H30N2O3S/c1-7-11(2)10-16-13(18)12(8-9-21-6)17-14(19)20-15(3,4)5/h11-12H,7-10H2,1-6H3,(H,16,18)(H,17,19). The molecule has 0 radical (unpaired) electrons. The van der Waals surface area contributed by atoms with Gasteiger partial charge in [-0.2, -0.15) is 11.8 Å². The van der Waals surface area contributed by atoms with E-state index in [9.17, 15) is 9.59 Å². The monoisotopic (exact) mass is 318 g/mol. The molecule has 0 aliphatic heterocycles. The van der Waals surface area contributed by atoms with Gasteiger partial charge in [0.1, 0.15) is 11.6 Å². The predicted molar refractivity (Wildman–Crippen MR) is 88.6 cm³/mol. The minimum absolute atomic E-state index is 0.143. The third-order valence-corrected chi connectivity index (χ3v) is 3.58. The first kappa shape index (κ1) is 20.1. The number of hydrogen-bond acceptors (Lipinski definition) is 4. The second kappa shape index (κ2) is 9.92. The van der Waals surface area contributed by atoms with Crippen LogP contribution in [0.1, 0.15) is 47.5 Å². The van der Waals surface area contributed by atoms with Gasteiger partial charge < -0.3 is 15.4 Å². The Morgan fingerprint density at radius 2 is 1.90 bits per heavy atom. The number of ether oxygens (including phenoxy) is 1. The molecule has 124 valence electrons. The summed E-state index contributed by atoms with van der Waals surface area (Å²) in [6.45, 7) is 10.2. The molecular formula is C15H30N2O3S. The van der Waals surface area contributed by atoms with Crippen molar-refractivity contribution >= 4 is 23.8 Å². The number of carbonyl (C=O) groups excluding carboxylic acids is 2. The van der Waals surface area contributed by atoms with Crippen LogP contribution in [0.15, 0.2) is 0 Å². The molecule has 2 amide bonds. The zero-order valence-corrected chi connectivity index (χ0v) is 14.9. The van der Waals surface area contributed by atoms with E-state index in [0.717, 1.165) is 12.2 Å². The third-order valence-electron chi connectivity index (χ3n) is 2.94. The van der Waals surface area contributed by atoms with E-state index in [1.54, 1.807) is 32.5 Å². The van der Waals surface area contributed by atoms with Gasteiger partial charge in [0.2, 0.25) is 5.91 Å². The maximum absolute atomic E-state index is 12.2. The molecule has 21 heavy (non-hydrogen) atoms. The Bertz CT molecular complexity index is 329. The van der Waals surface area contributed by atoms with E-state index >= 15 is 0 Å². The fourth-order valence-electron chi connectivity index (χ4n) is 1.50. The van der Waals surface area contributed by atoms with E-state index in [0.29, 0.717) is 18.9 Å².